The Labute approximate surface area is 93.8 Å². The van der Waals surface area contributed by atoms with Gasteiger partial charge in [0.05, 0.1) is 6.07 Å². The molecule has 2 rings (SSSR count). The zero-order valence-corrected chi connectivity index (χ0v) is 9.81. The molecule has 5 nitrogen and oxygen atoms in total. The minimum Gasteiger partial charge on any atom is -0.216 e. The van der Waals surface area contributed by atoms with Gasteiger partial charge in [-0.25, -0.2) is 9.50 Å². The number of fused-ring (bicyclic) bond motifs is 1. The average molecular weight is 215 g/mol. The Bertz CT molecular complexity index is 590. The van der Waals surface area contributed by atoms with Crippen LogP contribution in [0.1, 0.15) is 35.6 Å². The van der Waals surface area contributed by atoms with Crippen molar-refractivity contribution in [2.75, 3.05) is 0 Å². The quantitative estimate of drug-likeness (QED) is 0.725. The highest BCUT2D eigenvalue weighted by Crippen LogP contribution is 2.15. The van der Waals surface area contributed by atoms with E-state index in [9.17, 15) is 0 Å². The zero-order valence-electron chi connectivity index (χ0n) is 9.81. The van der Waals surface area contributed by atoms with E-state index in [4.69, 9.17) is 5.26 Å². The van der Waals surface area contributed by atoms with Crippen molar-refractivity contribution >= 4 is 5.78 Å². The fourth-order valence-corrected chi connectivity index (χ4v) is 1.51. The van der Waals surface area contributed by atoms with Crippen LogP contribution in [0.5, 0.6) is 0 Å². The fourth-order valence-electron chi connectivity index (χ4n) is 1.51. The standard InChI is InChI=1S/C11H13N5/c1-6(5-12)10-14-11-13-8(3)7(2)9(4)16(11)15-10/h6H,1-4H3. The summed E-state index contributed by atoms with van der Waals surface area (Å²) in [7, 11) is 0. The second-order valence-electron chi connectivity index (χ2n) is 3.94. The summed E-state index contributed by atoms with van der Waals surface area (Å²) in [5.41, 5.74) is 3.08. The number of rotatable bonds is 1. The molecule has 0 bridgehead atoms. The Morgan fingerprint density at radius 2 is 1.94 bits per heavy atom. The van der Waals surface area contributed by atoms with Crippen LogP contribution in [0, 0.1) is 32.1 Å². The summed E-state index contributed by atoms with van der Waals surface area (Å²) < 4.78 is 1.70. The van der Waals surface area contributed by atoms with E-state index in [2.05, 4.69) is 21.1 Å². The molecule has 0 amide bonds. The van der Waals surface area contributed by atoms with E-state index in [1.807, 2.05) is 20.8 Å². The topological polar surface area (TPSA) is 66.9 Å². The van der Waals surface area contributed by atoms with Crippen LogP contribution < -0.4 is 0 Å². The molecule has 0 fully saturated rings. The van der Waals surface area contributed by atoms with Crippen molar-refractivity contribution in [3.63, 3.8) is 0 Å². The lowest BCUT2D eigenvalue weighted by Crippen LogP contribution is -2.02. The van der Waals surface area contributed by atoms with E-state index in [1.54, 1.807) is 11.4 Å². The number of aryl methyl sites for hydroxylation is 2. The molecule has 2 aromatic rings. The predicted molar refractivity (Wildman–Crippen MR) is 59.0 cm³/mol. The minimum atomic E-state index is -0.304. The molecule has 0 saturated heterocycles. The molecule has 82 valence electrons. The first-order chi connectivity index (χ1) is 7.54. The summed E-state index contributed by atoms with van der Waals surface area (Å²) >= 11 is 0. The molecule has 0 radical (unpaired) electrons. The summed E-state index contributed by atoms with van der Waals surface area (Å²) in [6, 6.07) is 2.12. The Balaban J connectivity index is 2.72. The summed E-state index contributed by atoms with van der Waals surface area (Å²) in [4.78, 5) is 8.62. The van der Waals surface area contributed by atoms with Gasteiger partial charge in [0.25, 0.3) is 5.78 Å². The molecular weight excluding hydrogens is 202 g/mol. The smallest absolute Gasteiger partial charge is 0.216 e. The van der Waals surface area contributed by atoms with Gasteiger partial charge in [-0.1, -0.05) is 0 Å². The summed E-state index contributed by atoms with van der Waals surface area (Å²) in [6.45, 7) is 7.72. The van der Waals surface area contributed by atoms with Crippen molar-refractivity contribution in [1.29, 1.82) is 5.26 Å². The molecule has 0 aliphatic carbocycles. The van der Waals surface area contributed by atoms with E-state index in [1.165, 1.54) is 0 Å². The Morgan fingerprint density at radius 3 is 2.56 bits per heavy atom. The highest BCUT2D eigenvalue weighted by molar-refractivity contribution is 5.36. The van der Waals surface area contributed by atoms with Gasteiger partial charge < -0.3 is 0 Å². The summed E-state index contributed by atoms with van der Waals surface area (Å²) in [5.74, 6) is 0.794. The first-order valence-corrected chi connectivity index (χ1v) is 5.14. The number of nitrogens with zero attached hydrogens (tertiary/aromatic N) is 5. The molecule has 0 aliphatic heterocycles. The van der Waals surface area contributed by atoms with Gasteiger partial charge in [-0.05, 0) is 33.3 Å². The van der Waals surface area contributed by atoms with Crippen LogP contribution in [0.25, 0.3) is 5.78 Å². The molecule has 0 saturated carbocycles. The molecule has 0 N–H and O–H groups in total. The molecular formula is C11H13N5. The molecule has 2 heterocycles. The van der Waals surface area contributed by atoms with Gasteiger partial charge in [0.1, 0.15) is 5.92 Å². The van der Waals surface area contributed by atoms with E-state index in [0.717, 1.165) is 17.0 Å². The van der Waals surface area contributed by atoms with Crippen molar-refractivity contribution in [3.8, 4) is 6.07 Å². The van der Waals surface area contributed by atoms with Crippen LogP contribution in [-0.4, -0.2) is 19.6 Å². The first kappa shape index (κ1) is 10.6. The van der Waals surface area contributed by atoms with Gasteiger partial charge in [-0.3, -0.25) is 0 Å². The third kappa shape index (κ3) is 1.43. The highest BCUT2D eigenvalue weighted by atomic mass is 15.3. The Morgan fingerprint density at radius 1 is 1.25 bits per heavy atom. The molecule has 0 spiro atoms. The lowest BCUT2D eigenvalue weighted by Gasteiger charge is -2.04. The molecule has 16 heavy (non-hydrogen) atoms. The van der Waals surface area contributed by atoms with Crippen LogP contribution >= 0.6 is 0 Å². The van der Waals surface area contributed by atoms with Crippen LogP contribution in [0.2, 0.25) is 0 Å². The van der Waals surface area contributed by atoms with Crippen molar-refractivity contribution < 1.29 is 0 Å². The predicted octanol–water partition coefficient (Wildman–Crippen LogP) is 1.68. The van der Waals surface area contributed by atoms with Gasteiger partial charge in [-0.15, -0.1) is 5.10 Å². The molecule has 0 aromatic carbocycles. The van der Waals surface area contributed by atoms with Gasteiger partial charge in [0.15, 0.2) is 5.82 Å². The van der Waals surface area contributed by atoms with E-state index in [0.29, 0.717) is 11.6 Å². The molecule has 0 aliphatic rings. The minimum absolute atomic E-state index is 0.304. The van der Waals surface area contributed by atoms with Gasteiger partial charge >= 0.3 is 0 Å². The second kappa shape index (κ2) is 3.56. The molecule has 2 aromatic heterocycles. The van der Waals surface area contributed by atoms with Crippen molar-refractivity contribution in [2.24, 2.45) is 0 Å². The molecule has 5 heteroatoms. The Hall–Kier alpha value is -1.96. The monoisotopic (exact) mass is 215 g/mol. The second-order valence-corrected chi connectivity index (χ2v) is 3.94. The lowest BCUT2D eigenvalue weighted by molar-refractivity contribution is 0.806. The Kier molecular flexibility index (Phi) is 2.35. The van der Waals surface area contributed by atoms with Crippen molar-refractivity contribution in [1.82, 2.24) is 19.6 Å². The van der Waals surface area contributed by atoms with Crippen molar-refractivity contribution in [2.45, 2.75) is 33.6 Å². The van der Waals surface area contributed by atoms with Gasteiger partial charge in [0, 0.05) is 11.4 Å². The average Bonchev–Trinajstić information content (AvgIpc) is 2.69. The third-order valence-electron chi connectivity index (χ3n) is 2.86. The van der Waals surface area contributed by atoms with E-state index >= 15 is 0 Å². The zero-order chi connectivity index (χ0) is 11.9. The van der Waals surface area contributed by atoms with Crippen LogP contribution in [0.15, 0.2) is 0 Å². The summed E-state index contributed by atoms with van der Waals surface area (Å²) in [6.07, 6.45) is 0. The third-order valence-corrected chi connectivity index (χ3v) is 2.86. The maximum atomic E-state index is 8.83. The summed E-state index contributed by atoms with van der Waals surface area (Å²) in [5, 5.41) is 13.1. The fraction of sp³-hybridized carbons (Fsp3) is 0.455. The largest absolute Gasteiger partial charge is 0.252 e. The maximum absolute atomic E-state index is 8.83. The molecule has 1 unspecified atom stereocenters. The van der Waals surface area contributed by atoms with E-state index in [-0.39, 0.29) is 5.92 Å². The van der Waals surface area contributed by atoms with Crippen LogP contribution in [-0.2, 0) is 0 Å². The molecule has 1 atom stereocenters. The van der Waals surface area contributed by atoms with E-state index < -0.39 is 0 Å². The van der Waals surface area contributed by atoms with Gasteiger partial charge in [-0.2, -0.15) is 10.2 Å². The number of nitriles is 1. The first-order valence-electron chi connectivity index (χ1n) is 5.14. The van der Waals surface area contributed by atoms with Crippen molar-refractivity contribution in [3.05, 3.63) is 22.8 Å². The number of aromatic nitrogens is 4. The van der Waals surface area contributed by atoms with Gasteiger partial charge in [0.2, 0.25) is 0 Å². The lowest BCUT2D eigenvalue weighted by atomic mass is 10.2. The highest BCUT2D eigenvalue weighted by Gasteiger charge is 2.14. The SMILES string of the molecule is Cc1nc2nc(C(C)C#N)nn2c(C)c1C. The normalized spacial score (nSPS) is 12.7. The van der Waals surface area contributed by atoms with Crippen LogP contribution in [0.3, 0.4) is 0 Å². The number of hydrogen-bond donors (Lipinski definition) is 0. The maximum Gasteiger partial charge on any atom is 0.252 e. The van der Waals surface area contributed by atoms with Crippen LogP contribution in [0.4, 0.5) is 0 Å². The number of hydrogen-bond acceptors (Lipinski definition) is 4.